The van der Waals surface area contributed by atoms with Crippen LogP contribution in [0.4, 0.5) is 0 Å². The summed E-state index contributed by atoms with van der Waals surface area (Å²) in [5.41, 5.74) is 15.1. The van der Waals surface area contributed by atoms with Crippen molar-refractivity contribution in [2.75, 3.05) is 0 Å². The van der Waals surface area contributed by atoms with Crippen molar-refractivity contribution >= 4 is 10.8 Å². The van der Waals surface area contributed by atoms with Crippen molar-refractivity contribution in [1.82, 2.24) is 15.0 Å². The minimum Gasteiger partial charge on any atom is -0.305 e. The van der Waals surface area contributed by atoms with E-state index < -0.39 is 0 Å². The molecule has 0 bridgehead atoms. The number of pyridine rings is 3. The van der Waals surface area contributed by atoms with Gasteiger partial charge in [0.2, 0.25) is 0 Å². The fourth-order valence-electron chi connectivity index (χ4n) is 5.69. The fraction of sp³-hybridized carbons (Fsp3) is 0.178. The second-order valence-electron chi connectivity index (χ2n) is 13.6. The summed E-state index contributed by atoms with van der Waals surface area (Å²) in [6, 6.07) is 40.7. The first kappa shape index (κ1) is 35.5. The molecule has 0 fully saturated rings. The molecule has 3 aromatic heterocycles. The van der Waals surface area contributed by atoms with Gasteiger partial charge in [0, 0.05) is 50.3 Å². The van der Waals surface area contributed by atoms with Crippen LogP contribution in [-0.4, -0.2) is 15.0 Å². The molecule has 1 radical (unpaired) electrons. The predicted octanol–water partition coefficient (Wildman–Crippen LogP) is 11.5. The zero-order chi connectivity index (χ0) is 33.8. The third-order valence-corrected chi connectivity index (χ3v) is 8.81. The van der Waals surface area contributed by atoms with Gasteiger partial charge in [0.25, 0.3) is 0 Å². The van der Waals surface area contributed by atoms with Crippen LogP contribution >= 0.6 is 0 Å². The summed E-state index contributed by atoms with van der Waals surface area (Å²) in [5, 5.41) is 2.35. The van der Waals surface area contributed by atoms with Gasteiger partial charge in [-0.2, -0.15) is 0 Å². The summed E-state index contributed by atoms with van der Waals surface area (Å²) < 4.78 is 0. The van der Waals surface area contributed by atoms with Crippen molar-refractivity contribution < 1.29 is 20.1 Å². The van der Waals surface area contributed by atoms with Crippen LogP contribution in [0, 0.1) is 39.8 Å². The van der Waals surface area contributed by atoms with E-state index in [2.05, 4.69) is 160 Å². The Morgan fingerprint density at radius 1 is 0.551 bits per heavy atom. The molecule has 3 heterocycles. The van der Waals surface area contributed by atoms with Crippen LogP contribution in [0.25, 0.3) is 55.5 Å². The van der Waals surface area contributed by atoms with Gasteiger partial charge in [0.1, 0.15) is 0 Å². The Labute approximate surface area is 304 Å². The number of fused-ring (bicyclic) bond motifs is 1. The Balaban J connectivity index is 0.000000246. The molecule has 0 aliphatic rings. The fourth-order valence-corrected chi connectivity index (χ4v) is 5.69. The number of aryl methyl sites for hydroxylation is 4. The van der Waals surface area contributed by atoms with Gasteiger partial charge in [0.15, 0.2) is 0 Å². The van der Waals surface area contributed by atoms with Gasteiger partial charge in [-0.1, -0.05) is 87.4 Å². The summed E-state index contributed by atoms with van der Waals surface area (Å²) in [4.78, 5) is 13.5. The monoisotopic (exact) mass is 816 g/mol. The molecule has 0 saturated heterocycles. The van der Waals surface area contributed by atoms with E-state index in [1.807, 2.05) is 36.9 Å². The molecule has 3 nitrogen and oxygen atoms in total. The van der Waals surface area contributed by atoms with Crippen molar-refractivity contribution in [1.29, 1.82) is 0 Å². The molecular formula is C45H41IrN3-2. The molecule has 0 saturated carbocycles. The normalized spacial score (nSPS) is 11.0. The molecule has 7 rings (SSSR count). The molecule has 0 atom stereocenters. The molecule has 0 aliphatic carbocycles. The van der Waals surface area contributed by atoms with Crippen molar-refractivity contribution in [3.05, 3.63) is 162 Å². The number of aromatic nitrogens is 3. The zero-order valence-electron chi connectivity index (χ0n) is 29.2. The Bertz CT molecular complexity index is 2190. The Kier molecular flexibility index (Phi) is 11.0. The molecule has 247 valence electrons. The second-order valence-corrected chi connectivity index (χ2v) is 13.6. The molecule has 49 heavy (non-hydrogen) atoms. The zero-order valence-corrected chi connectivity index (χ0v) is 31.6. The van der Waals surface area contributed by atoms with E-state index in [0.717, 1.165) is 33.5 Å². The number of benzene rings is 4. The van der Waals surface area contributed by atoms with Crippen molar-refractivity contribution in [2.45, 2.75) is 53.9 Å². The number of hydrogen-bond donors (Lipinski definition) is 0. The SMILES string of the molecule is Cc1c[c-]c(-c2cc(C)c(C)cn2)cc1.Cc1ccc(-c2ccc(-c3cc[c-]c(-c4cc(C(C)(C)C)ccn4)c3)c3ccncc23)cc1.[Ir]. The van der Waals surface area contributed by atoms with Gasteiger partial charge < -0.3 is 9.97 Å². The first-order valence-electron chi connectivity index (χ1n) is 16.4. The van der Waals surface area contributed by atoms with Crippen LogP contribution in [0.3, 0.4) is 0 Å². The molecule has 0 N–H and O–H groups in total. The van der Waals surface area contributed by atoms with E-state index in [1.165, 1.54) is 49.9 Å². The van der Waals surface area contributed by atoms with Gasteiger partial charge >= 0.3 is 0 Å². The van der Waals surface area contributed by atoms with Gasteiger partial charge in [-0.3, -0.25) is 4.98 Å². The predicted molar refractivity (Wildman–Crippen MR) is 201 cm³/mol. The maximum atomic E-state index is 4.64. The summed E-state index contributed by atoms with van der Waals surface area (Å²) in [6.07, 6.45) is 7.65. The molecular weight excluding hydrogens is 775 g/mol. The standard InChI is InChI=1S/C31H27N2.C14H14N.Ir/c1-21-8-10-22(11-9-21)26-12-13-27(28-15-16-32-20-29(26)28)23-6-5-7-24(18-23)30-19-25(14-17-33-30)31(2,3)4;1-10-4-6-13(7-5-10)14-8-11(2)12(3)9-15-14;/h5-6,8-20H,1-4H3;4-6,8-9H,1-3H3;/q2*-1;. The summed E-state index contributed by atoms with van der Waals surface area (Å²) >= 11 is 0. The maximum absolute atomic E-state index is 4.64. The van der Waals surface area contributed by atoms with Crippen molar-refractivity contribution in [3.63, 3.8) is 0 Å². The van der Waals surface area contributed by atoms with Crippen LogP contribution in [0.2, 0.25) is 0 Å². The number of hydrogen-bond acceptors (Lipinski definition) is 3. The second kappa shape index (κ2) is 15.2. The number of nitrogens with zero attached hydrogens (tertiary/aromatic N) is 3. The maximum Gasteiger partial charge on any atom is 0.0352 e. The van der Waals surface area contributed by atoms with Crippen LogP contribution in [0.5, 0.6) is 0 Å². The molecule has 0 spiro atoms. The molecule has 0 aliphatic heterocycles. The van der Waals surface area contributed by atoms with Crippen LogP contribution < -0.4 is 0 Å². The van der Waals surface area contributed by atoms with E-state index in [0.29, 0.717) is 0 Å². The summed E-state index contributed by atoms with van der Waals surface area (Å²) in [6.45, 7) is 15.0. The van der Waals surface area contributed by atoms with Gasteiger partial charge in [-0.25, -0.2) is 0 Å². The topological polar surface area (TPSA) is 38.7 Å². The van der Waals surface area contributed by atoms with Gasteiger partial charge in [-0.05, 0) is 82.9 Å². The summed E-state index contributed by atoms with van der Waals surface area (Å²) in [5.74, 6) is 0. The van der Waals surface area contributed by atoms with E-state index in [1.54, 1.807) is 0 Å². The van der Waals surface area contributed by atoms with Crippen LogP contribution in [0.15, 0.2) is 122 Å². The van der Waals surface area contributed by atoms with E-state index in [9.17, 15) is 0 Å². The Morgan fingerprint density at radius 2 is 1.27 bits per heavy atom. The molecule has 4 aromatic carbocycles. The van der Waals surface area contributed by atoms with Crippen molar-refractivity contribution in [3.8, 4) is 44.8 Å². The quantitative estimate of drug-likeness (QED) is 0.166. The first-order valence-corrected chi connectivity index (χ1v) is 16.4. The smallest absolute Gasteiger partial charge is 0.0352 e. The van der Waals surface area contributed by atoms with E-state index >= 15 is 0 Å². The average Bonchev–Trinajstić information content (AvgIpc) is 3.10. The molecule has 4 heteroatoms. The average molecular weight is 816 g/mol. The van der Waals surface area contributed by atoms with E-state index in [4.69, 9.17) is 0 Å². The number of rotatable bonds is 4. The third kappa shape index (κ3) is 8.28. The molecule has 0 unspecified atom stereocenters. The van der Waals surface area contributed by atoms with E-state index in [-0.39, 0.29) is 25.5 Å². The summed E-state index contributed by atoms with van der Waals surface area (Å²) in [7, 11) is 0. The van der Waals surface area contributed by atoms with Crippen LogP contribution in [-0.2, 0) is 25.5 Å². The van der Waals surface area contributed by atoms with Crippen LogP contribution in [0.1, 0.15) is 48.6 Å². The third-order valence-electron chi connectivity index (χ3n) is 8.81. The largest absolute Gasteiger partial charge is 0.305 e. The van der Waals surface area contributed by atoms with Gasteiger partial charge in [0.05, 0.1) is 0 Å². The molecule has 7 aromatic rings. The first-order chi connectivity index (χ1) is 23.1. The van der Waals surface area contributed by atoms with Gasteiger partial charge in [-0.15, -0.1) is 70.8 Å². The minimum absolute atomic E-state index is 0. The Hall–Kier alpha value is -4.76. The molecule has 0 amide bonds. The Morgan fingerprint density at radius 3 is 1.96 bits per heavy atom. The minimum atomic E-state index is 0. The van der Waals surface area contributed by atoms with Crippen molar-refractivity contribution in [2.24, 2.45) is 0 Å².